The van der Waals surface area contributed by atoms with Gasteiger partial charge in [-0.1, -0.05) is 43.9 Å². The van der Waals surface area contributed by atoms with Gasteiger partial charge in [0, 0.05) is 8.07 Å². The van der Waals surface area contributed by atoms with E-state index in [1.807, 2.05) is 24.3 Å². The van der Waals surface area contributed by atoms with Gasteiger partial charge in [0.2, 0.25) is 0 Å². The van der Waals surface area contributed by atoms with Crippen molar-refractivity contribution in [1.82, 2.24) is 0 Å². The van der Waals surface area contributed by atoms with Crippen LogP contribution in [0.1, 0.15) is 11.1 Å². The Morgan fingerprint density at radius 1 is 1.20 bits per heavy atom. The summed E-state index contributed by atoms with van der Waals surface area (Å²) in [5.41, 5.74) is 1.89. The lowest BCUT2D eigenvalue weighted by Gasteiger charge is -2.11. The van der Waals surface area contributed by atoms with Gasteiger partial charge in [-0.05, 0) is 23.7 Å². The summed E-state index contributed by atoms with van der Waals surface area (Å²) in [6.07, 6.45) is 4.38. The molecular formula is C13H17NSi. The maximum absolute atomic E-state index is 8.65. The topological polar surface area (TPSA) is 23.8 Å². The monoisotopic (exact) mass is 215 g/mol. The third kappa shape index (κ3) is 4.62. The van der Waals surface area contributed by atoms with Gasteiger partial charge < -0.3 is 0 Å². The van der Waals surface area contributed by atoms with E-state index in [1.54, 1.807) is 0 Å². The zero-order chi connectivity index (χ0) is 11.3. The first-order chi connectivity index (χ1) is 7.01. The van der Waals surface area contributed by atoms with Crippen molar-refractivity contribution in [2.24, 2.45) is 0 Å². The standard InChI is InChI=1S/C13H17NSi/c1-15(2,3)10-4-5-12-6-8-13(11-14)9-7-12/h4-9H,10H2,1-3H3/b5-4+. The van der Waals surface area contributed by atoms with E-state index in [0.717, 1.165) is 5.56 Å². The maximum atomic E-state index is 8.65. The van der Waals surface area contributed by atoms with E-state index >= 15 is 0 Å². The molecule has 0 atom stereocenters. The predicted molar refractivity (Wildman–Crippen MR) is 68.3 cm³/mol. The summed E-state index contributed by atoms with van der Waals surface area (Å²) in [5.74, 6) is 0. The molecule has 0 radical (unpaired) electrons. The lowest BCUT2D eigenvalue weighted by Crippen LogP contribution is -2.17. The van der Waals surface area contributed by atoms with Crippen LogP contribution in [-0.2, 0) is 0 Å². The molecule has 0 heterocycles. The molecule has 78 valence electrons. The van der Waals surface area contributed by atoms with Gasteiger partial charge in [0.15, 0.2) is 0 Å². The third-order valence-electron chi connectivity index (χ3n) is 2.08. The van der Waals surface area contributed by atoms with Gasteiger partial charge in [-0.15, -0.1) is 0 Å². The van der Waals surface area contributed by atoms with Crippen LogP contribution in [0, 0.1) is 11.3 Å². The van der Waals surface area contributed by atoms with Gasteiger partial charge in [0.1, 0.15) is 0 Å². The summed E-state index contributed by atoms with van der Waals surface area (Å²) in [6.45, 7) is 7.07. The van der Waals surface area contributed by atoms with Crippen molar-refractivity contribution in [2.45, 2.75) is 25.7 Å². The van der Waals surface area contributed by atoms with Crippen molar-refractivity contribution >= 4 is 14.1 Å². The molecule has 0 spiro atoms. The fourth-order valence-electron chi connectivity index (χ4n) is 1.22. The molecule has 1 nitrogen and oxygen atoms in total. The van der Waals surface area contributed by atoms with Crippen molar-refractivity contribution in [3.63, 3.8) is 0 Å². The molecule has 0 aliphatic rings. The smallest absolute Gasteiger partial charge is 0.0991 e. The molecular weight excluding hydrogens is 198 g/mol. The Labute approximate surface area is 93.1 Å². The Bertz CT molecular complexity index is 376. The molecule has 15 heavy (non-hydrogen) atoms. The molecule has 1 rings (SSSR count). The minimum absolute atomic E-state index is 0.720. The lowest BCUT2D eigenvalue weighted by atomic mass is 10.1. The van der Waals surface area contributed by atoms with E-state index in [9.17, 15) is 0 Å². The zero-order valence-corrected chi connectivity index (χ0v) is 10.6. The highest BCUT2D eigenvalue weighted by Gasteiger charge is 2.09. The van der Waals surface area contributed by atoms with E-state index in [0.29, 0.717) is 0 Å². The number of nitriles is 1. The van der Waals surface area contributed by atoms with Crippen LogP contribution < -0.4 is 0 Å². The number of hydrogen-bond acceptors (Lipinski definition) is 1. The first-order valence-corrected chi connectivity index (χ1v) is 8.89. The Hall–Kier alpha value is -1.33. The van der Waals surface area contributed by atoms with Crippen LogP contribution in [-0.4, -0.2) is 8.07 Å². The number of allylic oxidation sites excluding steroid dienone is 1. The summed E-state index contributed by atoms with van der Waals surface area (Å²) in [7, 11) is -0.968. The SMILES string of the molecule is C[Si](C)(C)C/C=C/c1ccc(C#N)cc1. The number of benzene rings is 1. The van der Waals surface area contributed by atoms with Crippen LogP contribution in [0.2, 0.25) is 25.7 Å². The molecule has 1 aromatic rings. The molecule has 0 saturated heterocycles. The Kier molecular flexibility index (Phi) is 3.87. The van der Waals surface area contributed by atoms with Crippen molar-refractivity contribution in [3.8, 4) is 6.07 Å². The molecule has 0 unspecified atom stereocenters. The Morgan fingerprint density at radius 3 is 2.27 bits per heavy atom. The molecule has 0 saturated carbocycles. The zero-order valence-electron chi connectivity index (χ0n) is 9.62. The summed E-state index contributed by atoms with van der Waals surface area (Å²) in [4.78, 5) is 0. The number of nitrogens with zero attached hydrogens (tertiary/aromatic N) is 1. The van der Waals surface area contributed by atoms with Crippen LogP contribution in [0.15, 0.2) is 30.3 Å². The summed E-state index contributed by atoms with van der Waals surface area (Å²) < 4.78 is 0. The highest BCUT2D eigenvalue weighted by molar-refractivity contribution is 6.76. The van der Waals surface area contributed by atoms with Crippen molar-refractivity contribution in [2.75, 3.05) is 0 Å². The first kappa shape index (κ1) is 11.7. The van der Waals surface area contributed by atoms with E-state index in [-0.39, 0.29) is 0 Å². The van der Waals surface area contributed by atoms with Gasteiger partial charge in [-0.25, -0.2) is 0 Å². The summed E-state index contributed by atoms with van der Waals surface area (Å²) in [5, 5.41) is 8.65. The van der Waals surface area contributed by atoms with Crippen LogP contribution in [0.3, 0.4) is 0 Å². The molecule has 2 heteroatoms. The molecule has 0 fully saturated rings. The molecule has 0 aromatic heterocycles. The summed E-state index contributed by atoms with van der Waals surface area (Å²) in [6, 6.07) is 11.0. The van der Waals surface area contributed by atoms with E-state index in [1.165, 1.54) is 11.6 Å². The quantitative estimate of drug-likeness (QED) is 0.701. The van der Waals surface area contributed by atoms with Crippen molar-refractivity contribution in [1.29, 1.82) is 5.26 Å². The molecule has 0 bridgehead atoms. The fourth-order valence-corrected chi connectivity index (χ4v) is 2.04. The second-order valence-electron chi connectivity index (χ2n) is 4.90. The number of hydrogen-bond donors (Lipinski definition) is 0. The van der Waals surface area contributed by atoms with Crippen LogP contribution in [0.5, 0.6) is 0 Å². The second kappa shape index (κ2) is 4.95. The van der Waals surface area contributed by atoms with Crippen LogP contribution in [0.4, 0.5) is 0 Å². The lowest BCUT2D eigenvalue weighted by molar-refractivity contribution is 1.48. The first-order valence-electron chi connectivity index (χ1n) is 5.18. The van der Waals surface area contributed by atoms with E-state index < -0.39 is 8.07 Å². The molecule has 0 aliphatic heterocycles. The normalized spacial score (nSPS) is 11.6. The average Bonchev–Trinajstić information content (AvgIpc) is 2.17. The molecule has 1 aromatic carbocycles. The number of rotatable bonds is 3. The van der Waals surface area contributed by atoms with Gasteiger partial charge in [0.05, 0.1) is 11.6 Å². The van der Waals surface area contributed by atoms with E-state index in [2.05, 4.69) is 37.9 Å². The minimum atomic E-state index is -0.968. The van der Waals surface area contributed by atoms with E-state index in [4.69, 9.17) is 5.26 Å². The minimum Gasteiger partial charge on any atom is -0.192 e. The maximum Gasteiger partial charge on any atom is 0.0991 e. The predicted octanol–water partition coefficient (Wildman–Crippen LogP) is 3.91. The highest BCUT2D eigenvalue weighted by Crippen LogP contribution is 2.11. The largest absolute Gasteiger partial charge is 0.192 e. The Morgan fingerprint density at radius 2 is 1.80 bits per heavy atom. The average molecular weight is 215 g/mol. The fraction of sp³-hybridized carbons (Fsp3) is 0.308. The third-order valence-corrected chi connectivity index (χ3v) is 3.54. The van der Waals surface area contributed by atoms with Gasteiger partial charge >= 0.3 is 0 Å². The van der Waals surface area contributed by atoms with Gasteiger partial charge in [0.25, 0.3) is 0 Å². The van der Waals surface area contributed by atoms with Gasteiger partial charge in [-0.3, -0.25) is 0 Å². The molecule has 0 aliphatic carbocycles. The molecule has 0 amide bonds. The Balaban J connectivity index is 2.62. The highest BCUT2D eigenvalue weighted by atomic mass is 28.3. The van der Waals surface area contributed by atoms with Crippen molar-refractivity contribution in [3.05, 3.63) is 41.5 Å². The summed E-state index contributed by atoms with van der Waals surface area (Å²) >= 11 is 0. The van der Waals surface area contributed by atoms with Crippen molar-refractivity contribution < 1.29 is 0 Å². The van der Waals surface area contributed by atoms with Gasteiger partial charge in [-0.2, -0.15) is 5.26 Å². The van der Waals surface area contributed by atoms with Crippen LogP contribution in [0.25, 0.3) is 6.08 Å². The second-order valence-corrected chi connectivity index (χ2v) is 10.4. The van der Waals surface area contributed by atoms with Crippen LogP contribution >= 0.6 is 0 Å². The molecule has 0 N–H and O–H groups in total.